The van der Waals surface area contributed by atoms with Gasteiger partial charge < -0.3 is 20.5 Å². The van der Waals surface area contributed by atoms with Crippen molar-refractivity contribution in [3.05, 3.63) is 69.3 Å². The molecule has 0 saturated carbocycles. The smallest absolute Gasteiger partial charge is 0.248 e. The number of hydrogen-bond donors (Lipinski definition) is 4. The summed E-state index contributed by atoms with van der Waals surface area (Å²) in [4.78, 5) is 18.5. The lowest BCUT2D eigenvalue weighted by atomic mass is 10.0. The molecule has 1 unspecified atom stereocenters. The van der Waals surface area contributed by atoms with Crippen molar-refractivity contribution in [1.82, 2.24) is 15.3 Å². The van der Waals surface area contributed by atoms with Crippen molar-refractivity contribution in [3.8, 4) is 5.75 Å². The maximum atomic E-state index is 11.5. The zero-order chi connectivity index (χ0) is 18.3. The second-order valence-electron chi connectivity index (χ2n) is 6.91. The highest BCUT2D eigenvalue weighted by Crippen LogP contribution is 2.29. The number of fused-ring (bicyclic) bond motifs is 2. The number of H-pyrrole nitrogens is 1. The summed E-state index contributed by atoms with van der Waals surface area (Å²) in [5.41, 5.74) is 4.34. The van der Waals surface area contributed by atoms with E-state index in [0.29, 0.717) is 23.0 Å². The van der Waals surface area contributed by atoms with E-state index in [0.717, 1.165) is 18.5 Å². The molecule has 1 aliphatic carbocycles. The third kappa shape index (κ3) is 3.09. The van der Waals surface area contributed by atoms with Crippen LogP contribution in [0.15, 0.2) is 41.3 Å². The third-order valence-corrected chi connectivity index (χ3v) is 5.02. The van der Waals surface area contributed by atoms with Crippen molar-refractivity contribution in [2.75, 3.05) is 6.54 Å². The molecule has 3 aromatic rings. The number of nitrogens with one attached hydrogen (secondary N) is 2. The van der Waals surface area contributed by atoms with E-state index in [1.165, 1.54) is 23.3 Å². The van der Waals surface area contributed by atoms with Gasteiger partial charge in [-0.1, -0.05) is 6.07 Å². The first-order chi connectivity index (χ1) is 12.5. The van der Waals surface area contributed by atoms with Crippen molar-refractivity contribution in [1.29, 1.82) is 0 Å². The van der Waals surface area contributed by atoms with Gasteiger partial charge in [0.05, 0.1) is 11.6 Å². The standard InChI is InChI=1S/C20H21N3O3/c1-11-6-12-7-14(8-13(12)9-21-11)22-10-18(25)15-2-4-17(24)20-16(15)3-5-19(26)23-20/h2-6,9,14,18,22,24-25H,7-8,10H2,1H3,(H,23,26)/t14?,18-/m0/s1. The predicted octanol–water partition coefficient (Wildman–Crippen LogP) is 1.73. The molecule has 134 valence electrons. The summed E-state index contributed by atoms with van der Waals surface area (Å²) in [7, 11) is 0. The van der Waals surface area contributed by atoms with Crippen LogP contribution in [-0.2, 0) is 12.8 Å². The highest BCUT2D eigenvalue weighted by molar-refractivity contribution is 5.87. The Kier molecular flexibility index (Phi) is 4.22. The molecule has 6 nitrogen and oxygen atoms in total. The van der Waals surface area contributed by atoms with Gasteiger partial charge in [0, 0.05) is 35.9 Å². The van der Waals surface area contributed by atoms with Gasteiger partial charge in [0.25, 0.3) is 0 Å². The minimum Gasteiger partial charge on any atom is -0.506 e. The number of aromatic hydroxyl groups is 1. The normalized spacial score (nSPS) is 17.4. The summed E-state index contributed by atoms with van der Waals surface area (Å²) in [5.74, 6) is -0.00396. The fraction of sp³-hybridized carbons (Fsp3) is 0.300. The number of phenols is 1. The second-order valence-corrected chi connectivity index (χ2v) is 6.91. The largest absolute Gasteiger partial charge is 0.506 e. The maximum absolute atomic E-state index is 11.5. The van der Waals surface area contributed by atoms with E-state index in [9.17, 15) is 15.0 Å². The molecule has 6 heteroatoms. The summed E-state index contributed by atoms with van der Waals surface area (Å²) in [6, 6.07) is 8.61. The summed E-state index contributed by atoms with van der Waals surface area (Å²) in [5, 5.41) is 24.7. The molecule has 0 fully saturated rings. The van der Waals surface area contributed by atoms with Crippen LogP contribution < -0.4 is 10.9 Å². The molecule has 1 aliphatic rings. The van der Waals surface area contributed by atoms with Gasteiger partial charge in [0.1, 0.15) is 5.75 Å². The van der Waals surface area contributed by atoms with E-state index >= 15 is 0 Å². The van der Waals surface area contributed by atoms with Gasteiger partial charge in [0.2, 0.25) is 5.56 Å². The topological polar surface area (TPSA) is 98.2 Å². The van der Waals surface area contributed by atoms with Crippen LogP contribution >= 0.6 is 0 Å². The van der Waals surface area contributed by atoms with Crippen molar-refractivity contribution in [2.24, 2.45) is 0 Å². The van der Waals surface area contributed by atoms with Gasteiger partial charge in [-0.15, -0.1) is 0 Å². The highest BCUT2D eigenvalue weighted by Gasteiger charge is 2.23. The zero-order valence-electron chi connectivity index (χ0n) is 14.5. The Morgan fingerprint density at radius 3 is 2.92 bits per heavy atom. The molecule has 0 bridgehead atoms. The molecule has 26 heavy (non-hydrogen) atoms. The molecule has 0 amide bonds. The van der Waals surface area contributed by atoms with Crippen LogP contribution in [0.5, 0.6) is 5.75 Å². The van der Waals surface area contributed by atoms with E-state index in [1.54, 1.807) is 12.1 Å². The number of hydrogen-bond acceptors (Lipinski definition) is 5. The Morgan fingerprint density at radius 2 is 2.08 bits per heavy atom. The molecule has 4 N–H and O–H groups in total. The van der Waals surface area contributed by atoms with Gasteiger partial charge >= 0.3 is 0 Å². The summed E-state index contributed by atoms with van der Waals surface area (Å²) < 4.78 is 0. The highest BCUT2D eigenvalue weighted by atomic mass is 16.3. The number of aromatic amines is 1. The van der Waals surface area contributed by atoms with Gasteiger partial charge in [-0.2, -0.15) is 0 Å². The molecule has 0 spiro atoms. The minimum absolute atomic E-state index is 0.00396. The summed E-state index contributed by atoms with van der Waals surface area (Å²) >= 11 is 0. The van der Waals surface area contributed by atoms with Crippen LogP contribution in [0.3, 0.4) is 0 Å². The quantitative estimate of drug-likeness (QED) is 0.574. The van der Waals surface area contributed by atoms with E-state index in [1.807, 2.05) is 13.1 Å². The number of aliphatic hydroxyl groups excluding tert-OH is 1. The van der Waals surface area contributed by atoms with Gasteiger partial charge in [-0.05, 0) is 54.7 Å². The lowest BCUT2D eigenvalue weighted by molar-refractivity contribution is 0.171. The Hall–Kier alpha value is -2.70. The van der Waals surface area contributed by atoms with Gasteiger partial charge in [-0.3, -0.25) is 9.78 Å². The molecule has 2 atom stereocenters. The molecule has 1 aromatic carbocycles. The Labute approximate surface area is 150 Å². The molecule has 2 heterocycles. The average molecular weight is 351 g/mol. The lowest BCUT2D eigenvalue weighted by Crippen LogP contribution is -2.33. The maximum Gasteiger partial charge on any atom is 0.248 e. The molecular formula is C20H21N3O3. The number of phenolic OH excluding ortho intramolecular Hbond substituents is 1. The number of pyridine rings is 2. The number of aliphatic hydroxyl groups is 1. The fourth-order valence-corrected chi connectivity index (χ4v) is 3.70. The van der Waals surface area contributed by atoms with Crippen LogP contribution in [0.2, 0.25) is 0 Å². The second kappa shape index (κ2) is 6.55. The first-order valence-electron chi connectivity index (χ1n) is 8.72. The van der Waals surface area contributed by atoms with Gasteiger partial charge in [0.15, 0.2) is 0 Å². The zero-order valence-corrected chi connectivity index (χ0v) is 14.5. The average Bonchev–Trinajstić information content (AvgIpc) is 3.02. The van der Waals surface area contributed by atoms with Crippen molar-refractivity contribution in [2.45, 2.75) is 31.9 Å². The van der Waals surface area contributed by atoms with Crippen LogP contribution in [0, 0.1) is 6.92 Å². The first kappa shape index (κ1) is 16.8. The number of nitrogens with zero attached hydrogens (tertiary/aromatic N) is 1. The van der Waals surface area contributed by atoms with Crippen LogP contribution in [0.4, 0.5) is 0 Å². The SMILES string of the molecule is Cc1cc2c(cn1)CC(NC[C@H](O)c1ccc(O)c3[nH]c(=O)ccc13)C2. The van der Waals surface area contributed by atoms with E-state index < -0.39 is 6.10 Å². The van der Waals surface area contributed by atoms with E-state index in [2.05, 4.69) is 21.4 Å². The molecule has 0 radical (unpaired) electrons. The van der Waals surface area contributed by atoms with Crippen LogP contribution in [-0.4, -0.2) is 32.8 Å². The van der Waals surface area contributed by atoms with Crippen molar-refractivity contribution in [3.63, 3.8) is 0 Å². The molecule has 2 aromatic heterocycles. The fourth-order valence-electron chi connectivity index (χ4n) is 3.70. The monoisotopic (exact) mass is 351 g/mol. The lowest BCUT2D eigenvalue weighted by Gasteiger charge is -2.18. The number of rotatable bonds is 4. The summed E-state index contributed by atoms with van der Waals surface area (Å²) in [6.07, 6.45) is 3.02. The molecule has 4 rings (SSSR count). The Bertz CT molecular complexity index is 1030. The molecular weight excluding hydrogens is 330 g/mol. The molecule has 0 aliphatic heterocycles. The molecule has 0 saturated heterocycles. The van der Waals surface area contributed by atoms with Crippen LogP contribution in [0.25, 0.3) is 10.9 Å². The van der Waals surface area contributed by atoms with E-state index in [4.69, 9.17) is 0 Å². The first-order valence-corrected chi connectivity index (χ1v) is 8.72. The Morgan fingerprint density at radius 1 is 1.27 bits per heavy atom. The van der Waals surface area contributed by atoms with E-state index in [-0.39, 0.29) is 17.4 Å². The number of benzene rings is 1. The Balaban J connectivity index is 1.50. The van der Waals surface area contributed by atoms with Crippen LogP contribution in [0.1, 0.15) is 28.5 Å². The van der Waals surface area contributed by atoms with Crippen molar-refractivity contribution >= 4 is 10.9 Å². The summed E-state index contributed by atoms with van der Waals surface area (Å²) in [6.45, 7) is 2.38. The predicted molar refractivity (Wildman–Crippen MR) is 99.4 cm³/mol. The van der Waals surface area contributed by atoms with Crippen molar-refractivity contribution < 1.29 is 10.2 Å². The number of aryl methyl sites for hydroxylation is 1. The third-order valence-electron chi connectivity index (χ3n) is 5.02. The van der Waals surface area contributed by atoms with Gasteiger partial charge in [-0.25, -0.2) is 0 Å². The minimum atomic E-state index is -0.743. The number of aromatic nitrogens is 2.